The van der Waals surface area contributed by atoms with Gasteiger partial charge in [0.15, 0.2) is 11.5 Å². The first-order chi connectivity index (χ1) is 18.2. The van der Waals surface area contributed by atoms with E-state index < -0.39 is 17.1 Å². The third kappa shape index (κ3) is 6.32. The fourth-order valence-electron chi connectivity index (χ4n) is 3.69. The highest BCUT2D eigenvalue weighted by Gasteiger charge is 2.36. The number of hydrogen-bond donors (Lipinski definition) is 1. The van der Waals surface area contributed by atoms with Crippen molar-refractivity contribution in [3.8, 4) is 11.5 Å². The third-order valence-electron chi connectivity index (χ3n) is 5.94. The van der Waals surface area contributed by atoms with Crippen molar-refractivity contribution in [1.82, 2.24) is 4.90 Å². The largest absolute Gasteiger partial charge is 0.493 e. The molecule has 0 unspecified atom stereocenters. The molecule has 0 aromatic heterocycles. The molecule has 1 N–H and O–H groups in total. The van der Waals surface area contributed by atoms with Gasteiger partial charge in [0, 0.05) is 21.3 Å². The molecule has 4 rings (SSSR count). The van der Waals surface area contributed by atoms with Crippen molar-refractivity contribution in [2.75, 3.05) is 19.0 Å². The van der Waals surface area contributed by atoms with Crippen molar-refractivity contribution < 1.29 is 23.9 Å². The van der Waals surface area contributed by atoms with Gasteiger partial charge in [0.05, 0.1) is 12.0 Å². The van der Waals surface area contributed by atoms with Crippen LogP contribution in [0.15, 0.2) is 59.5 Å². The molecular weight excluding hydrogens is 547 g/mol. The molecule has 3 aromatic rings. The number of anilines is 1. The minimum atomic E-state index is -0.534. The summed E-state index contributed by atoms with van der Waals surface area (Å²) in [6.07, 6.45) is 1.58. The van der Waals surface area contributed by atoms with E-state index in [1.165, 1.54) is 7.11 Å². The number of rotatable bonds is 8. The first-order valence-corrected chi connectivity index (χ1v) is 13.1. The predicted octanol–water partition coefficient (Wildman–Crippen LogP) is 6.87. The molecule has 0 aliphatic carbocycles. The monoisotopic (exact) mass is 570 g/mol. The summed E-state index contributed by atoms with van der Waals surface area (Å²) in [5, 5.41) is 3.29. The third-order valence-corrected chi connectivity index (χ3v) is 7.43. The summed E-state index contributed by atoms with van der Waals surface area (Å²) >= 11 is 12.9. The van der Waals surface area contributed by atoms with Crippen LogP contribution in [0, 0.1) is 13.8 Å². The van der Waals surface area contributed by atoms with E-state index in [-0.39, 0.29) is 18.1 Å². The zero-order chi connectivity index (χ0) is 27.4. The maximum atomic E-state index is 12.9. The summed E-state index contributed by atoms with van der Waals surface area (Å²) in [7, 11) is 1.50. The average molecular weight is 571 g/mol. The highest BCUT2D eigenvalue weighted by Crippen LogP contribution is 2.35. The van der Waals surface area contributed by atoms with E-state index in [1.54, 1.807) is 48.5 Å². The van der Waals surface area contributed by atoms with E-state index in [4.69, 9.17) is 32.7 Å². The number of nitrogens with zero attached hydrogens (tertiary/aromatic N) is 1. The number of carbonyl (C=O) groups is 3. The quantitative estimate of drug-likeness (QED) is 0.297. The molecule has 1 aliphatic heterocycles. The molecule has 0 bridgehead atoms. The van der Waals surface area contributed by atoms with Crippen molar-refractivity contribution in [3.05, 3.63) is 91.8 Å². The minimum Gasteiger partial charge on any atom is -0.493 e. The van der Waals surface area contributed by atoms with Crippen LogP contribution >= 0.6 is 35.0 Å². The molecule has 3 aromatic carbocycles. The van der Waals surface area contributed by atoms with Crippen LogP contribution in [-0.4, -0.2) is 35.6 Å². The van der Waals surface area contributed by atoms with Crippen LogP contribution in [0.25, 0.3) is 6.08 Å². The summed E-state index contributed by atoms with van der Waals surface area (Å²) in [4.78, 5) is 39.2. The average Bonchev–Trinajstić information content (AvgIpc) is 3.14. The first-order valence-electron chi connectivity index (χ1n) is 11.5. The molecule has 0 spiro atoms. The molecule has 1 heterocycles. The van der Waals surface area contributed by atoms with Crippen molar-refractivity contribution >= 4 is 63.8 Å². The van der Waals surface area contributed by atoms with Gasteiger partial charge in [-0.3, -0.25) is 19.3 Å². The van der Waals surface area contributed by atoms with Gasteiger partial charge < -0.3 is 14.8 Å². The standard InChI is InChI=1S/C28H24Cl2N2O5S/c1-16-5-4-6-22(17(16)2)31-26(33)14-32-27(34)25(38-28(32)35)12-18-7-10-23(24(11-18)36-3)37-15-19-8-9-20(29)13-21(19)30/h4-13H,14-15H2,1-3H3,(H,31,33)/b25-12+. The number of hydrogen-bond acceptors (Lipinski definition) is 6. The van der Waals surface area contributed by atoms with Crippen molar-refractivity contribution in [2.45, 2.75) is 20.5 Å². The Morgan fingerprint density at radius 2 is 1.84 bits per heavy atom. The number of ether oxygens (including phenoxy) is 2. The van der Waals surface area contributed by atoms with E-state index >= 15 is 0 Å². The topological polar surface area (TPSA) is 84.9 Å². The maximum Gasteiger partial charge on any atom is 0.294 e. The highest BCUT2D eigenvalue weighted by molar-refractivity contribution is 8.18. The van der Waals surface area contributed by atoms with Crippen LogP contribution in [0.2, 0.25) is 10.0 Å². The van der Waals surface area contributed by atoms with Gasteiger partial charge in [0.25, 0.3) is 11.1 Å². The normalized spacial score (nSPS) is 14.2. The van der Waals surface area contributed by atoms with Crippen LogP contribution in [0.3, 0.4) is 0 Å². The minimum absolute atomic E-state index is 0.203. The molecule has 196 valence electrons. The number of thioether (sulfide) groups is 1. The van der Waals surface area contributed by atoms with E-state index in [9.17, 15) is 14.4 Å². The Labute approximate surface area is 234 Å². The molecule has 1 fully saturated rings. The highest BCUT2D eigenvalue weighted by atomic mass is 35.5. The Morgan fingerprint density at radius 1 is 1.05 bits per heavy atom. The number of nitrogens with one attached hydrogen (secondary N) is 1. The summed E-state index contributed by atoms with van der Waals surface area (Å²) in [5.74, 6) is -0.0677. The summed E-state index contributed by atoms with van der Waals surface area (Å²) in [5.41, 5.74) is 3.98. The predicted molar refractivity (Wildman–Crippen MR) is 151 cm³/mol. The smallest absolute Gasteiger partial charge is 0.294 e. The molecule has 7 nitrogen and oxygen atoms in total. The Kier molecular flexibility index (Phi) is 8.66. The Hall–Kier alpha value is -3.46. The molecule has 0 atom stereocenters. The SMILES string of the molecule is COc1cc(/C=C2/SC(=O)N(CC(=O)Nc3cccc(C)c3C)C2=O)ccc1OCc1ccc(Cl)cc1Cl. The Morgan fingerprint density at radius 3 is 2.58 bits per heavy atom. The summed E-state index contributed by atoms with van der Waals surface area (Å²) in [6.45, 7) is 3.66. The number of carbonyl (C=O) groups excluding carboxylic acids is 3. The number of aryl methyl sites for hydroxylation is 1. The second-order valence-electron chi connectivity index (χ2n) is 8.50. The molecule has 0 radical (unpaired) electrons. The molecule has 38 heavy (non-hydrogen) atoms. The van der Waals surface area contributed by atoms with Gasteiger partial charge in [-0.1, -0.05) is 47.5 Å². The zero-order valence-electron chi connectivity index (χ0n) is 20.8. The van der Waals surface area contributed by atoms with Gasteiger partial charge in [-0.05, 0) is 78.7 Å². The summed E-state index contributed by atoms with van der Waals surface area (Å²) < 4.78 is 11.3. The molecule has 1 saturated heterocycles. The molecule has 3 amide bonds. The lowest BCUT2D eigenvalue weighted by Crippen LogP contribution is -2.36. The number of imide groups is 1. The fourth-order valence-corrected chi connectivity index (χ4v) is 5.00. The number of methoxy groups -OCH3 is 1. The van der Waals surface area contributed by atoms with Gasteiger partial charge in [-0.25, -0.2) is 0 Å². The first kappa shape index (κ1) is 27.6. The van der Waals surface area contributed by atoms with Crippen molar-refractivity contribution in [3.63, 3.8) is 0 Å². The summed E-state index contributed by atoms with van der Waals surface area (Å²) in [6, 6.07) is 15.8. The van der Waals surface area contributed by atoms with Gasteiger partial charge in [0.2, 0.25) is 5.91 Å². The zero-order valence-corrected chi connectivity index (χ0v) is 23.2. The fraction of sp³-hybridized carbons (Fsp3) is 0.179. The van der Waals surface area contributed by atoms with Crippen LogP contribution in [0.5, 0.6) is 11.5 Å². The van der Waals surface area contributed by atoms with Gasteiger partial charge in [-0.15, -0.1) is 0 Å². The lowest BCUT2D eigenvalue weighted by molar-refractivity contribution is -0.127. The molecular formula is C28H24Cl2N2O5S. The number of halogens is 2. The molecule has 1 aliphatic rings. The van der Waals surface area contributed by atoms with Crippen molar-refractivity contribution in [2.24, 2.45) is 0 Å². The molecule has 10 heteroatoms. The lowest BCUT2D eigenvalue weighted by Gasteiger charge is -2.14. The van der Waals surface area contributed by atoms with Crippen LogP contribution < -0.4 is 14.8 Å². The number of amides is 3. The van der Waals surface area contributed by atoms with E-state index in [1.807, 2.05) is 26.0 Å². The number of benzene rings is 3. The van der Waals surface area contributed by atoms with Gasteiger partial charge >= 0.3 is 0 Å². The van der Waals surface area contributed by atoms with E-state index in [2.05, 4.69) is 5.32 Å². The maximum absolute atomic E-state index is 12.9. The van der Waals surface area contributed by atoms with E-state index in [0.717, 1.165) is 33.4 Å². The van der Waals surface area contributed by atoms with Crippen LogP contribution in [0.4, 0.5) is 10.5 Å². The van der Waals surface area contributed by atoms with Crippen LogP contribution in [-0.2, 0) is 16.2 Å². The van der Waals surface area contributed by atoms with Crippen molar-refractivity contribution in [1.29, 1.82) is 0 Å². The lowest BCUT2D eigenvalue weighted by atomic mass is 10.1. The van der Waals surface area contributed by atoms with Gasteiger partial charge in [-0.2, -0.15) is 0 Å². The Balaban J connectivity index is 1.44. The second-order valence-corrected chi connectivity index (χ2v) is 10.3. The second kappa shape index (κ2) is 11.9. The Bertz CT molecular complexity index is 1460. The van der Waals surface area contributed by atoms with Crippen LogP contribution in [0.1, 0.15) is 22.3 Å². The van der Waals surface area contributed by atoms with E-state index in [0.29, 0.717) is 32.8 Å². The van der Waals surface area contributed by atoms with Gasteiger partial charge in [0.1, 0.15) is 13.2 Å². The molecule has 0 saturated carbocycles.